The lowest BCUT2D eigenvalue weighted by atomic mass is 10.2. The van der Waals surface area contributed by atoms with Crippen molar-refractivity contribution in [2.75, 3.05) is 12.8 Å². The summed E-state index contributed by atoms with van der Waals surface area (Å²) in [6.45, 7) is 0.328. The quantitative estimate of drug-likeness (QED) is 0.827. The zero-order valence-electron chi connectivity index (χ0n) is 12.6. The van der Waals surface area contributed by atoms with E-state index in [1.807, 2.05) is 0 Å². The second kappa shape index (κ2) is 7.19. The summed E-state index contributed by atoms with van der Waals surface area (Å²) in [4.78, 5) is 28.1. The molecule has 0 saturated carbocycles. The Labute approximate surface area is 133 Å². The van der Waals surface area contributed by atoms with Gasteiger partial charge in [0.15, 0.2) is 9.84 Å². The molecule has 0 radical (unpaired) electrons. The maximum absolute atomic E-state index is 12.2. The summed E-state index contributed by atoms with van der Waals surface area (Å²) in [5, 5.41) is 4.09. The molecule has 1 heterocycles. The van der Waals surface area contributed by atoms with Gasteiger partial charge in [-0.1, -0.05) is 18.2 Å². The summed E-state index contributed by atoms with van der Waals surface area (Å²) in [5.41, 5.74) is 0.421. The van der Waals surface area contributed by atoms with Gasteiger partial charge in [-0.25, -0.2) is 13.4 Å². The van der Waals surface area contributed by atoms with Gasteiger partial charge >= 0.3 is 0 Å². The van der Waals surface area contributed by atoms with Crippen molar-refractivity contribution >= 4 is 26.6 Å². The number of sulfone groups is 1. The fraction of sp³-hybridized carbons (Fsp3) is 0.267. The monoisotopic (exact) mass is 335 g/mol. The molecule has 0 atom stereocenters. The average molecular weight is 335 g/mol. The highest BCUT2D eigenvalue weighted by atomic mass is 32.2. The van der Waals surface area contributed by atoms with E-state index in [2.05, 4.69) is 10.3 Å². The van der Waals surface area contributed by atoms with Crippen LogP contribution in [0.15, 0.2) is 46.9 Å². The van der Waals surface area contributed by atoms with Crippen LogP contribution in [0.2, 0.25) is 0 Å². The lowest BCUT2D eigenvalue weighted by Gasteiger charge is -2.06. The maximum atomic E-state index is 12.2. The Hall–Kier alpha value is -2.48. The summed E-state index contributed by atoms with van der Waals surface area (Å²) >= 11 is 0. The Kier molecular flexibility index (Phi) is 5.28. The van der Waals surface area contributed by atoms with Crippen molar-refractivity contribution in [2.45, 2.75) is 13.0 Å². The third-order valence-corrected chi connectivity index (χ3v) is 3.76. The van der Waals surface area contributed by atoms with Crippen molar-refractivity contribution < 1.29 is 13.2 Å². The van der Waals surface area contributed by atoms with Gasteiger partial charge in [-0.3, -0.25) is 14.2 Å². The number of aromatic nitrogens is 2. The molecule has 0 aliphatic carbocycles. The molecular formula is C15H17N3O4S. The second-order valence-corrected chi connectivity index (χ2v) is 6.95. The van der Waals surface area contributed by atoms with Gasteiger partial charge < -0.3 is 5.32 Å². The van der Waals surface area contributed by atoms with Gasteiger partial charge in [0.25, 0.3) is 5.56 Å². The largest absolute Gasteiger partial charge is 0.353 e. The molecule has 122 valence electrons. The number of aryl methyl sites for hydroxylation is 1. The van der Waals surface area contributed by atoms with Crippen molar-refractivity contribution in [1.82, 2.24) is 14.9 Å². The third kappa shape index (κ3) is 5.03. The summed E-state index contributed by atoms with van der Waals surface area (Å²) in [6, 6.07) is 7.01. The van der Waals surface area contributed by atoms with Crippen LogP contribution in [0.3, 0.4) is 0 Å². The lowest BCUT2D eigenvalue weighted by molar-refractivity contribution is -0.121. The minimum atomic E-state index is -3.19. The van der Waals surface area contributed by atoms with E-state index in [1.165, 1.54) is 17.0 Å². The summed E-state index contributed by atoms with van der Waals surface area (Å²) in [7, 11) is -3.19. The van der Waals surface area contributed by atoms with E-state index in [1.54, 1.807) is 24.3 Å². The van der Waals surface area contributed by atoms with Crippen LogP contribution in [-0.2, 0) is 21.2 Å². The average Bonchev–Trinajstić information content (AvgIpc) is 2.50. The summed E-state index contributed by atoms with van der Waals surface area (Å²) < 4.78 is 23.2. The molecule has 0 aliphatic heterocycles. The number of nitrogens with one attached hydrogen (secondary N) is 1. The predicted octanol–water partition coefficient (Wildman–Crippen LogP) is 0.461. The highest BCUT2D eigenvalue weighted by Gasteiger charge is 2.05. The van der Waals surface area contributed by atoms with E-state index in [0.717, 1.165) is 11.7 Å². The zero-order chi connectivity index (χ0) is 16.9. The van der Waals surface area contributed by atoms with Gasteiger partial charge in [0.1, 0.15) is 0 Å². The number of carbonyl (C=O) groups is 1. The molecule has 8 heteroatoms. The first kappa shape index (κ1) is 16.9. The number of nitrogens with zero attached hydrogens (tertiary/aromatic N) is 2. The molecule has 0 aliphatic rings. The Balaban J connectivity index is 1.93. The first-order valence-electron chi connectivity index (χ1n) is 6.94. The SMILES string of the molecule is CS(=O)(=O)/C=C/CNC(=O)CCn1cnc2ccccc2c1=O. The molecule has 1 aromatic carbocycles. The molecule has 0 fully saturated rings. The van der Waals surface area contributed by atoms with Crippen LogP contribution < -0.4 is 10.9 Å². The van der Waals surface area contributed by atoms with Crippen LogP contribution in [0, 0.1) is 0 Å². The van der Waals surface area contributed by atoms with Crippen LogP contribution in [-0.4, -0.2) is 36.7 Å². The number of para-hydroxylation sites is 1. The Morgan fingerprint density at radius 1 is 1.35 bits per heavy atom. The van der Waals surface area contributed by atoms with Crippen molar-refractivity contribution in [3.05, 3.63) is 52.4 Å². The van der Waals surface area contributed by atoms with E-state index < -0.39 is 9.84 Å². The first-order chi connectivity index (χ1) is 10.9. The van der Waals surface area contributed by atoms with Gasteiger partial charge in [-0.05, 0) is 12.1 Å². The maximum Gasteiger partial charge on any atom is 0.261 e. The molecule has 1 amide bonds. The predicted molar refractivity (Wildman–Crippen MR) is 87.6 cm³/mol. The zero-order valence-corrected chi connectivity index (χ0v) is 13.4. The van der Waals surface area contributed by atoms with Crippen molar-refractivity contribution in [3.63, 3.8) is 0 Å². The molecule has 1 N–H and O–H groups in total. The van der Waals surface area contributed by atoms with Crippen molar-refractivity contribution in [2.24, 2.45) is 0 Å². The van der Waals surface area contributed by atoms with Gasteiger partial charge in [-0.2, -0.15) is 0 Å². The normalized spacial score (nSPS) is 11.9. The molecule has 0 bridgehead atoms. The molecule has 0 spiro atoms. The van der Waals surface area contributed by atoms with Gasteiger partial charge in [0, 0.05) is 31.2 Å². The van der Waals surface area contributed by atoms with Crippen LogP contribution in [0.1, 0.15) is 6.42 Å². The first-order valence-corrected chi connectivity index (χ1v) is 8.90. The number of hydrogen-bond acceptors (Lipinski definition) is 5. The van der Waals surface area contributed by atoms with Crippen LogP contribution in [0.25, 0.3) is 10.9 Å². The van der Waals surface area contributed by atoms with Crippen molar-refractivity contribution in [1.29, 1.82) is 0 Å². The van der Waals surface area contributed by atoms with E-state index in [4.69, 9.17) is 0 Å². The molecule has 0 saturated heterocycles. The van der Waals surface area contributed by atoms with Crippen molar-refractivity contribution in [3.8, 4) is 0 Å². The fourth-order valence-corrected chi connectivity index (χ4v) is 2.42. The minimum absolute atomic E-state index is 0.104. The highest BCUT2D eigenvalue weighted by Crippen LogP contribution is 2.04. The van der Waals surface area contributed by atoms with E-state index in [9.17, 15) is 18.0 Å². The molecule has 0 unspecified atom stereocenters. The Morgan fingerprint density at radius 3 is 2.83 bits per heavy atom. The third-order valence-electron chi connectivity index (χ3n) is 3.07. The summed E-state index contributed by atoms with van der Waals surface area (Å²) in [6.07, 6.45) is 3.95. The number of fused-ring (bicyclic) bond motifs is 1. The van der Waals surface area contributed by atoms with Gasteiger partial charge in [-0.15, -0.1) is 0 Å². The molecule has 7 nitrogen and oxygen atoms in total. The number of amides is 1. The topological polar surface area (TPSA) is 98.1 Å². The van der Waals surface area contributed by atoms with Crippen LogP contribution in [0.4, 0.5) is 0 Å². The molecular weight excluding hydrogens is 318 g/mol. The highest BCUT2D eigenvalue weighted by molar-refractivity contribution is 7.93. The Morgan fingerprint density at radius 2 is 2.09 bits per heavy atom. The second-order valence-electron chi connectivity index (χ2n) is 5.02. The fourth-order valence-electron chi connectivity index (χ4n) is 1.97. The Bertz CT molecular complexity index is 900. The molecule has 23 heavy (non-hydrogen) atoms. The van der Waals surface area contributed by atoms with E-state index >= 15 is 0 Å². The molecule has 2 rings (SSSR count). The van der Waals surface area contributed by atoms with E-state index in [0.29, 0.717) is 10.9 Å². The number of hydrogen-bond donors (Lipinski definition) is 1. The molecule has 1 aromatic heterocycles. The lowest BCUT2D eigenvalue weighted by Crippen LogP contribution is -2.27. The van der Waals surface area contributed by atoms with Crippen LogP contribution in [0.5, 0.6) is 0 Å². The number of carbonyl (C=O) groups excluding carboxylic acids is 1. The van der Waals surface area contributed by atoms with E-state index in [-0.39, 0.29) is 31.0 Å². The minimum Gasteiger partial charge on any atom is -0.353 e. The standard InChI is InChI=1S/C15H17N3O4S/c1-23(21,22)10-4-8-16-14(19)7-9-18-11-17-13-6-3-2-5-12(13)15(18)20/h2-6,10-11H,7-9H2,1H3,(H,16,19)/b10-4+. The number of benzene rings is 1. The summed E-state index contributed by atoms with van der Waals surface area (Å²) in [5.74, 6) is -0.275. The van der Waals surface area contributed by atoms with Gasteiger partial charge in [0.05, 0.1) is 17.2 Å². The van der Waals surface area contributed by atoms with Crippen LogP contribution >= 0.6 is 0 Å². The molecule has 2 aromatic rings. The smallest absolute Gasteiger partial charge is 0.261 e. The number of rotatable bonds is 6. The van der Waals surface area contributed by atoms with Gasteiger partial charge in [0.2, 0.25) is 5.91 Å².